The molecular weight excluding hydrogens is 364 g/mol. The minimum atomic E-state index is -0.378. The van der Waals surface area contributed by atoms with Crippen LogP contribution in [-0.4, -0.2) is 44.3 Å². The molecule has 0 aliphatic heterocycles. The van der Waals surface area contributed by atoms with Crippen molar-refractivity contribution >= 4 is 11.8 Å². The Morgan fingerprint density at radius 3 is 2.59 bits per heavy atom. The highest BCUT2D eigenvalue weighted by Gasteiger charge is 2.29. The van der Waals surface area contributed by atoms with Gasteiger partial charge < -0.3 is 14.4 Å². The van der Waals surface area contributed by atoms with Gasteiger partial charge in [0.2, 0.25) is 0 Å². The van der Waals surface area contributed by atoms with E-state index in [1.54, 1.807) is 0 Å². The molecule has 0 bridgehead atoms. The van der Waals surface area contributed by atoms with Crippen LogP contribution in [0.15, 0.2) is 24.3 Å². The van der Waals surface area contributed by atoms with Gasteiger partial charge in [0.1, 0.15) is 11.9 Å². The summed E-state index contributed by atoms with van der Waals surface area (Å²) < 4.78 is 11.7. The molecule has 5 nitrogen and oxygen atoms in total. The Morgan fingerprint density at radius 1 is 1.07 bits per heavy atom. The Labute approximate surface area is 177 Å². The van der Waals surface area contributed by atoms with Gasteiger partial charge >= 0.3 is 6.09 Å². The molecule has 5 heteroatoms. The number of hydrogen-bond donors (Lipinski definition) is 1. The van der Waals surface area contributed by atoms with Crippen LogP contribution >= 0.6 is 0 Å². The summed E-state index contributed by atoms with van der Waals surface area (Å²) in [6.45, 7) is 3.86. The van der Waals surface area contributed by atoms with Crippen molar-refractivity contribution in [3.63, 3.8) is 0 Å². The van der Waals surface area contributed by atoms with Crippen molar-refractivity contribution in [2.24, 2.45) is 5.92 Å². The lowest BCUT2D eigenvalue weighted by Gasteiger charge is -2.32. The van der Waals surface area contributed by atoms with Crippen molar-refractivity contribution in [2.75, 3.05) is 32.6 Å². The maximum absolute atomic E-state index is 12.5. The summed E-state index contributed by atoms with van der Waals surface area (Å²) in [4.78, 5) is 14.7. The quantitative estimate of drug-likeness (QED) is 0.428. The molecule has 1 saturated carbocycles. The molecule has 1 aromatic rings. The molecule has 0 unspecified atom stereocenters. The van der Waals surface area contributed by atoms with Crippen LogP contribution in [0.5, 0.6) is 5.75 Å². The smallest absolute Gasteiger partial charge is 0.412 e. The predicted octanol–water partition coefficient (Wildman–Crippen LogP) is 6.09. The van der Waals surface area contributed by atoms with Crippen LogP contribution < -0.4 is 10.1 Å². The van der Waals surface area contributed by atoms with Gasteiger partial charge in [0.25, 0.3) is 0 Å². The van der Waals surface area contributed by atoms with Gasteiger partial charge in [-0.25, -0.2) is 4.79 Å². The first kappa shape index (κ1) is 23.5. The van der Waals surface area contributed by atoms with Crippen molar-refractivity contribution in [1.29, 1.82) is 0 Å². The highest BCUT2D eigenvalue weighted by molar-refractivity contribution is 5.86. The summed E-state index contributed by atoms with van der Waals surface area (Å²) in [7, 11) is 4.15. The lowest BCUT2D eigenvalue weighted by Crippen LogP contribution is -2.37. The van der Waals surface area contributed by atoms with E-state index in [4.69, 9.17) is 9.47 Å². The minimum absolute atomic E-state index is 0.0117. The van der Waals surface area contributed by atoms with Gasteiger partial charge in [-0.05, 0) is 51.9 Å². The zero-order chi connectivity index (χ0) is 20.9. The number of carbonyl (C=O) groups excluding carboxylic acids is 1. The molecule has 2 atom stereocenters. The number of benzene rings is 1. The van der Waals surface area contributed by atoms with E-state index in [0.717, 1.165) is 32.2 Å². The number of nitrogens with one attached hydrogen (secondary N) is 1. The summed E-state index contributed by atoms with van der Waals surface area (Å²) in [6.07, 6.45) is 11.4. The Morgan fingerprint density at radius 2 is 1.79 bits per heavy atom. The van der Waals surface area contributed by atoms with Gasteiger partial charge in [-0.15, -0.1) is 0 Å². The Balaban J connectivity index is 1.80. The van der Waals surface area contributed by atoms with Crippen molar-refractivity contribution < 1.29 is 14.3 Å². The van der Waals surface area contributed by atoms with Crippen molar-refractivity contribution in [3.8, 4) is 5.75 Å². The normalized spacial score (nSPS) is 19.2. The van der Waals surface area contributed by atoms with E-state index < -0.39 is 0 Å². The molecule has 0 heterocycles. The molecule has 1 aliphatic rings. The van der Waals surface area contributed by atoms with Gasteiger partial charge in [0.15, 0.2) is 0 Å². The fourth-order valence-electron chi connectivity index (χ4n) is 4.04. The zero-order valence-electron chi connectivity index (χ0n) is 18.6. The Hall–Kier alpha value is -1.75. The van der Waals surface area contributed by atoms with Crippen LogP contribution in [0, 0.1) is 5.92 Å². The van der Waals surface area contributed by atoms with E-state index in [1.165, 1.54) is 38.5 Å². The van der Waals surface area contributed by atoms with Gasteiger partial charge in [-0.2, -0.15) is 0 Å². The first-order valence-electron chi connectivity index (χ1n) is 11.4. The molecule has 0 saturated heterocycles. The zero-order valence-corrected chi connectivity index (χ0v) is 18.6. The highest BCUT2D eigenvalue weighted by Crippen LogP contribution is 2.29. The summed E-state index contributed by atoms with van der Waals surface area (Å²) in [5.74, 6) is 1.12. The highest BCUT2D eigenvalue weighted by atomic mass is 16.6. The number of nitrogens with zero attached hydrogens (tertiary/aromatic N) is 1. The summed E-state index contributed by atoms with van der Waals surface area (Å²) in [5.41, 5.74) is 0.684. The largest absolute Gasteiger partial charge is 0.491 e. The second-order valence-corrected chi connectivity index (χ2v) is 8.49. The second-order valence-electron chi connectivity index (χ2n) is 8.49. The molecular formula is C24H40N2O3. The number of carbonyl (C=O) groups is 1. The third kappa shape index (κ3) is 9.07. The lowest BCUT2D eigenvalue weighted by molar-refractivity contribution is 0.0357. The first-order valence-corrected chi connectivity index (χ1v) is 11.4. The van der Waals surface area contributed by atoms with E-state index >= 15 is 0 Å². The summed E-state index contributed by atoms with van der Waals surface area (Å²) in [5, 5.41) is 2.90. The van der Waals surface area contributed by atoms with E-state index in [9.17, 15) is 4.79 Å². The van der Waals surface area contributed by atoms with Crippen LogP contribution in [0.3, 0.4) is 0 Å². The lowest BCUT2D eigenvalue weighted by atomic mass is 9.86. The Kier molecular flexibility index (Phi) is 10.9. The fourth-order valence-corrected chi connectivity index (χ4v) is 4.04. The number of rotatable bonds is 12. The van der Waals surface area contributed by atoms with E-state index in [-0.39, 0.29) is 12.2 Å². The number of unbranched alkanes of at least 4 members (excludes halogenated alkanes) is 5. The van der Waals surface area contributed by atoms with E-state index in [1.807, 2.05) is 24.3 Å². The molecule has 1 fully saturated rings. The first-order chi connectivity index (χ1) is 14.1. The van der Waals surface area contributed by atoms with Crippen LogP contribution in [0.1, 0.15) is 71.1 Å². The third-order valence-electron chi connectivity index (χ3n) is 5.58. The average molecular weight is 405 g/mol. The van der Waals surface area contributed by atoms with Gasteiger partial charge in [0, 0.05) is 12.5 Å². The summed E-state index contributed by atoms with van der Waals surface area (Å²) >= 11 is 0. The molecule has 1 N–H and O–H groups in total. The fraction of sp³-hybridized carbons (Fsp3) is 0.708. The molecule has 164 valence electrons. The van der Waals surface area contributed by atoms with Gasteiger partial charge in [0.05, 0.1) is 12.3 Å². The van der Waals surface area contributed by atoms with E-state index in [2.05, 4.69) is 31.2 Å². The molecule has 1 aromatic carbocycles. The van der Waals surface area contributed by atoms with Crippen LogP contribution in [0.2, 0.25) is 0 Å². The van der Waals surface area contributed by atoms with Crippen LogP contribution in [0.25, 0.3) is 0 Å². The van der Waals surface area contributed by atoms with Crippen molar-refractivity contribution in [2.45, 2.75) is 77.2 Å². The molecule has 1 amide bonds. The molecule has 2 rings (SSSR count). The number of hydrogen-bond acceptors (Lipinski definition) is 4. The second kappa shape index (κ2) is 13.5. The maximum Gasteiger partial charge on any atom is 0.412 e. The molecule has 0 radical (unpaired) electrons. The van der Waals surface area contributed by atoms with Crippen LogP contribution in [0.4, 0.5) is 10.5 Å². The van der Waals surface area contributed by atoms with Crippen molar-refractivity contribution in [1.82, 2.24) is 4.90 Å². The third-order valence-corrected chi connectivity index (χ3v) is 5.58. The number of anilines is 1. The standard InChI is InChI=1S/C24H40N2O3/c1-4-5-6-7-8-13-18-28-23-17-12-10-15-21(23)25-24(27)29-22-16-11-9-14-20(22)19-26(2)3/h10,12,15,17,20,22H,4-9,11,13-14,16,18-19H2,1-3H3,(H,25,27)/t20-,22-/m1/s1. The van der Waals surface area contributed by atoms with Gasteiger partial charge in [-0.3, -0.25) is 5.32 Å². The van der Waals surface area contributed by atoms with Crippen LogP contribution in [-0.2, 0) is 4.74 Å². The monoisotopic (exact) mass is 404 g/mol. The topological polar surface area (TPSA) is 50.8 Å². The molecule has 0 spiro atoms. The molecule has 1 aliphatic carbocycles. The number of ether oxygens (including phenoxy) is 2. The van der Waals surface area contributed by atoms with Gasteiger partial charge in [-0.1, -0.05) is 57.6 Å². The summed E-state index contributed by atoms with van der Waals surface area (Å²) in [6, 6.07) is 7.61. The van der Waals surface area contributed by atoms with E-state index in [0.29, 0.717) is 24.0 Å². The number of amides is 1. The molecule has 29 heavy (non-hydrogen) atoms. The molecule has 0 aromatic heterocycles. The Bertz CT molecular complexity index is 591. The maximum atomic E-state index is 12.5. The SMILES string of the molecule is CCCCCCCCOc1ccccc1NC(=O)O[C@@H]1CCCC[C@@H]1CN(C)C. The average Bonchev–Trinajstić information content (AvgIpc) is 2.69. The van der Waals surface area contributed by atoms with Crippen molar-refractivity contribution in [3.05, 3.63) is 24.3 Å². The predicted molar refractivity (Wildman–Crippen MR) is 120 cm³/mol. The minimum Gasteiger partial charge on any atom is -0.491 e. The number of para-hydroxylation sites is 2.